The lowest BCUT2D eigenvalue weighted by atomic mass is 10.1. The molecular weight excluding hydrogens is 298 g/mol. The second kappa shape index (κ2) is 6.54. The van der Waals surface area contributed by atoms with E-state index >= 15 is 0 Å². The highest BCUT2D eigenvalue weighted by atomic mass is 79.9. The van der Waals surface area contributed by atoms with Crippen LogP contribution in [0.3, 0.4) is 0 Å². The van der Waals surface area contributed by atoms with Gasteiger partial charge in [0.15, 0.2) is 0 Å². The van der Waals surface area contributed by atoms with Crippen LogP contribution in [0.25, 0.3) is 0 Å². The summed E-state index contributed by atoms with van der Waals surface area (Å²) in [5.41, 5.74) is 1.78. The largest absolute Gasteiger partial charge is 0.465 e. The first-order valence-corrected chi connectivity index (χ1v) is 6.55. The highest BCUT2D eigenvalue weighted by molar-refractivity contribution is 9.10. The Labute approximate surface area is 115 Å². The van der Waals surface area contributed by atoms with Crippen LogP contribution in [0.15, 0.2) is 18.2 Å². The lowest BCUT2D eigenvalue weighted by molar-refractivity contribution is -0.115. The summed E-state index contributed by atoms with van der Waals surface area (Å²) in [4.78, 5) is 23.1. The normalized spacial score (nSPS) is 11.8. The van der Waals surface area contributed by atoms with Crippen molar-refractivity contribution in [2.45, 2.75) is 25.1 Å². The van der Waals surface area contributed by atoms with Gasteiger partial charge in [-0.15, -0.1) is 0 Å². The first-order chi connectivity index (χ1) is 8.51. The van der Waals surface area contributed by atoms with E-state index in [4.69, 9.17) is 0 Å². The van der Waals surface area contributed by atoms with Gasteiger partial charge in [-0.3, -0.25) is 4.79 Å². The van der Waals surface area contributed by atoms with Crippen molar-refractivity contribution in [1.82, 2.24) is 0 Å². The maximum absolute atomic E-state index is 11.8. The number of methoxy groups -OCH3 is 1. The van der Waals surface area contributed by atoms with Crippen LogP contribution < -0.4 is 5.32 Å². The first-order valence-electron chi connectivity index (χ1n) is 5.64. The number of hydrogen-bond acceptors (Lipinski definition) is 3. The maximum atomic E-state index is 11.8. The average molecular weight is 314 g/mol. The number of hydrogen-bond donors (Lipinski definition) is 1. The third kappa shape index (κ3) is 3.32. The van der Waals surface area contributed by atoms with E-state index < -0.39 is 5.97 Å². The van der Waals surface area contributed by atoms with Crippen LogP contribution >= 0.6 is 15.9 Å². The second-order valence-electron chi connectivity index (χ2n) is 3.83. The zero-order chi connectivity index (χ0) is 13.7. The number of ether oxygens (including phenoxy) is 1. The molecule has 18 heavy (non-hydrogen) atoms. The van der Waals surface area contributed by atoms with Crippen molar-refractivity contribution in [3.8, 4) is 0 Å². The molecule has 0 radical (unpaired) electrons. The zero-order valence-corrected chi connectivity index (χ0v) is 12.2. The Morgan fingerprint density at radius 3 is 2.67 bits per heavy atom. The Hall–Kier alpha value is -1.36. The summed E-state index contributed by atoms with van der Waals surface area (Å²) in [6, 6.07) is 5.14. The van der Waals surface area contributed by atoms with Crippen molar-refractivity contribution in [3.63, 3.8) is 0 Å². The number of anilines is 1. The molecule has 1 aromatic carbocycles. The highest BCUT2D eigenvalue weighted by Crippen LogP contribution is 2.20. The number of halogens is 1. The Balaban J connectivity index is 2.98. The zero-order valence-electron chi connectivity index (χ0n) is 10.6. The van der Waals surface area contributed by atoms with E-state index in [-0.39, 0.29) is 10.7 Å². The Morgan fingerprint density at radius 1 is 1.44 bits per heavy atom. The van der Waals surface area contributed by atoms with Gasteiger partial charge in [0.05, 0.1) is 17.5 Å². The Kier molecular flexibility index (Phi) is 5.34. The quantitative estimate of drug-likeness (QED) is 0.687. The molecule has 0 aromatic heterocycles. The van der Waals surface area contributed by atoms with Crippen molar-refractivity contribution >= 4 is 33.5 Å². The summed E-state index contributed by atoms with van der Waals surface area (Å²) in [5.74, 6) is -0.530. The van der Waals surface area contributed by atoms with E-state index in [0.717, 1.165) is 0 Å². The Bertz CT molecular complexity index is 460. The Morgan fingerprint density at radius 2 is 2.11 bits per heavy atom. The predicted octanol–water partition coefficient (Wildman–Crippen LogP) is 2.89. The number of alkyl halides is 1. The number of esters is 1. The summed E-state index contributed by atoms with van der Waals surface area (Å²) in [5, 5.41) is 2.79. The molecule has 0 spiro atoms. The molecule has 0 aliphatic heterocycles. The molecule has 0 bridgehead atoms. The fraction of sp³-hybridized carbons (Fsp3) is 0.385. The van der Waals surface area contributed by atoms with E-state index in [0.29, 0.717) is 23.2 Å². The molecule has 0 aliphatic carbocycles. The number of nitrogens with one attached hydrogen (secondary N) is 1. The van der Waals surface area contributed by atoms with E-state index in [1.807, 2.05) is 6.92 Å². The molecule has 0 fully saturated rings. The molecule has 1 amide bonds. The van der Waals surface area contributed by atoms with Crippen LogP contribution in [0.1, 0.15) is 29.3 Å². The standard InChI is InChI=1S/C13H16BrNO3/c1-4-10(14)12(16)15-11-7-5-6-9(8(11)2)13(17)18-3/h5-7,10H,4H2,1-3H3,(H,15,16). The topological polar surface area (TPSA) is 55.4 Å². The molecule has 1 atom stereocenters. The smallest absolute Gasteiger partial charge is 0.338 e. The third-order valence-electron chi connectivity index (χ3n) is 2.64. The van der Waals surface area contributed by atoms with Crippen molar-refractivity contribution in [3.05, 3.63) is 29.3 Å². The van der Waals surface area contributed by atoms with Gasteiger partial charge in [0.1, 0.15) is 0 Å². The van der Waals surface area contributed by atoms with Gasteiger partial charge in [-0.25, -0.2) is 4.79 Å². The van der Waals surface area contributed by atoms with Gasteiger partial charge in [0.2, 0.25) is 5.91 Å². The molecule has 4 nitrogen and oxygen atoms in total. The molecule has 1 unspecified atom stereocenters. The molecule has 0 saturated heterocycles. The molecule has 0 aliphatic rings. The van der Waals surface area contributed by atoms with E-state index in [2.05, 4.69) is 26.0 Å². The van der Waals surface area contributed by atoms with Gasteiger partial charge in [0, 0.05) is 5.69 Å². The highest BCUT2D eigenvalue weighted by Gasteiger charge is 2.16. The van der Waals surface area contributed by atoms with Crippen LogP contribution in [-0.2, 0) is 9.53 Å². The van der Waals surface area contributed by atoms with Crippen LogP contribution in [0.2, 0.25) is 0 Å². The average Bonchev–Trinajstić information content (AvgIpc) is 2.39. The molecule has 98 valence electrons. The minimum absolute atomic E-state index is 0.123. The summed E-state index contributed by atoms with van der Waals surface area (Å²) in [7, 11) is 1.33. The van der Waals surface area contributed by atoms with Gasteiger partial charge in [-0.2, -0.15) is 0 Å². The van der Waals surface area contributed by atoms with Crippen molar-refractivity contribution in [1.29, 1.82) is 0 Å². The van der Waals surface area contributed by atoms with Crippen LogP contribution in [0.5, 0.6) is 0 Å². The van der Waals surface area contributed by atoms with Gasteiger partial charge >= 0.3 is 5.97 Å². The molecular formula is C13H16BrNO3. The van der Waals surface area contributed by atoms with E-state index in [9.17, 15) is 9.59 Å². The lowest BCUT2D eigenvalue weighted by Gasteiger charge is -2.13. The van der Waals surface area contributed by atoms with Gasteiger partial charge in [-0.05, 0) is 31.0 Å². The van der Waals surface area contributed by atoms with Gasteiger partial charge in [-0.1, -0.05) is 28.9 Å². The first kappa shape index (κ1) is 14.7. The van der Waals surface area contributed by atoms with Crippen molar-refractivity contribution in [2.75, 3.05) is 12.4 Å². The van der Waals surface area contributed by atoms with Gasteiger partial charge < -0.3 is 10.1 Å². The van der Waals surface area contributed by atoms with Crippen molar-refractivity contribution < 1.29 is 14.3 Å². The summed E-state index contributed by atoms with van der Waals surface area (Å²) in [6.45, 7) is 3.69. The minimum atomic E-state index is -0.408. The predicted molar refractivity (Wildman–Crippen MR) is 74.2 cm³/mol. The molecule has 0 heterocycles. The van der Waals surface area contributed by atoms with E-state index in [1.165, 1.54) is 7.11 Å². The van der Waals surface area contributed by atoms with Gasteiger partial charge in [0.25, 0.3) is 0 Å². The maximum Gasteiger partial charge on any atom is 0.338 e. The lowest BCUT2D eigenvalue weighted by Crippen LogP contribution is -2.22. The number of amides is 1. The molecule has 1 N–H and O–H groups in total. The number of benzene rings is 1. The fourth-order valence-corrected chi connectivity index (χ4v) is 1.61. The third-order valence-corrected chi connectivity index (χ3v) is 3.70. The van der Waals surface area contributed by atoms with Crippen LogP contribution in [0, 0.1) is 6.92 Å². The number of carbonyl (C=O) groups excluding carboxylic acids is 2. The monoisotopic (exact) mass is 313 g/mol. The number of rotatable bonds is 4. The molecule has 0 saturated carbocycles. The second-order valence-corrected chi connectivity index (χ2v) is 4.94. The molecule has 5 heteroatoms. The summed E-state index contributed by atoms with van der Waals surface area (Å²) < 4.78 is 4.68. The summed E-state index contributed by atoms with van der Waals surface area (Å²) in [6.07, 6.45) is 0.696. The fourth-order valence-electron chi connectivity index (χ4n) is 1.50. The van der Waals surface area contributed by atoms with Crippen LogP contribution in [0.4, 0.5) is 5.69 Å². The SMILES string of the molecule is CCC(Br)C(=O)Nc1cccc(C(=O)OC)c1C. The molecule has 1 rings (SSSR count). The van der Waals surface area contributed by atoms with E-state index in [1.54, 1.807) is 25.1 Å². The minimum Gasteiger partial charge on any atom is -0.465 e. The number of carbonyl (C=O) groups is 2. The van der Waals surface area contributed by atoms with Crippen LogP contribution in [-0.4, -0.2) is 23.8 Å². The molecule has 1 aromatic rings. The summed E-state index contributed by atoms with van der Waals surface area (Å²) >= 11 is 3.28. The van der Waals surface area contributed by atoms with Crippen molar-refractivity contribution in [2.24, 2.45) is 0 Å².